The number of nitrogen functional groups attached to an aromatic ring is 1. The van der Waals surface area contributed by atoms with E-state index in [1.54, 1.807) is 12.1 Å². The van der Waals surface area contributed by atoms with Crippen molar-refractivity contribution in [3.05, 3.63) is 45.2 Å². The number of hydrogen-bond acceptors (Lipinski definition) is 5. The van der Waals surface area contributed by atoms with Gasteiger partial charge in [-0.05, 0) is 30.9 Å². The molecule has 0 bridgehead atoms. The van der Waals surface area contributed by atoms with Gasteiger partial charge in [0, 0.05) is 13.1 Å². The van der Waals surface area contributed by atoms with Crippen LogP contribution in [0.4, 0.5) is 17.5 Å². The van der Waals surface area contributed by atoms with Crippen molar-refractivity contribution in [2.24, 2.45) is 5.92 Å². The number of rotatable bonds is 3. The third-order valence-corrected chi connectivity index (χ3v) is 5.00. The number of halogens is 1. The van der Waals surface area contributed by atoms with E-state index in [0.29, 0.717) is 22.6 Å². The predicted octanol–water partition coefficient (Wildman–Crippen LogP) is 3.03. The summed E-state index contributed by atoms with van der Waals surface area (Å²) in [5.41, 5.74) is 6.44. The summed E-state index contributed by atoms with van der Waals surface area (Å²) in [6.45, 7) is 3.93. The largest absolute Gasteiger partial charge is 0.383 e. The maximum absolute atomic E-state index is 12.5. The van der Waals surface area contributed by atoms with Gasteiger partial charge in [-0.1, -0.05) is 42.9 Å². The van der Waals surface area contributed by atoms with Gasteiger partial charge in [0.05, 0.1) is 10.7 Å². The van der Waals surface area contributed by atoms with Crippen LogP contribution in [0.5, 0.6) is 0 Å². The van der Waals surface area contributed by atoms with Gasteiger partial charge in [-0.25, -0.2) is 0 Å². The van der Waals surface area contributed by atoms with Gasteiger partial charge in [-0.15, -0.1) is 0 Å². The fraction of sp³-hybridized carbons (Fsp3) is 0.353. The van der Waals surface area contributed by atoms with Gasteiger partial charge >= 0.3 is 0 Å². The van der Waals surface area contributed by atoms with Gasteiger partial charge in [0.15, 0.2) is 0 Å². The third-order valence-electron chi connectivity index (χ3n) is 4.37. The maximum atomic E-state index is 12.5. The molecule has 0 saturated carbocycles. The molecule has 1 fully saturated rings. The van der Waals surface area contributed by atoms with Crippen molar-refractivity contribution in [1.82, 2.24) is 9.97 Å². The first-order valence-electron chi connectivity index (χ1n) is 8.16. The Morgan fingerprint density at radius 2 is 2.08 bits per heavy atom. The van der Waals surface area contributed by atoms with Crippen molar-refractivity contribution < 1.29 is 0 Å². The molecule has 1 aliphatic heterocycles. The molecule has 6 nitrogen and oxygen atoms in total. The van der Waals surface area contributed by atoms with Crippen molar-refractivity contribution in [1.29, 1.82) is 0 Å². The van der Waals surface area contributed by atoms with Gasteiger partial charge in [-0.3, -0.25) is 9.78 Å². The molecule has 0 unspecified atom stereocenters. The van der Waals surface area contributed by atoms with Crippen LogP contribution in [-0.4, -0.2) is 28.0 Å². The van der Waals surface area contributed by atoms with E-state index in [-0.39, 0.29) is 21.9 Å². The average molecular weight is 378 g/mol. The van der Waals surface area contributed by atoms with Crippen LogP contribution >= 0.6 is 23.8 Å². The van der Waals surface area contributed by atoms with E-state index in [4.69, 9.17) is 29.6 Å². The van der Waals surface area contributed by atoms with Crippen LogP contribution in [0.15, 0.2) is 29.1 Å². The Morgan fingerprint density at radius 1 is 1.40 bits per heavy atom. The Hall–Kier alpha value is -2.12. The van der Waals surface area contributed by atoms with Gasteiger partial charge in [0.1, 0.15) is 16.4 Å². The number of aromatic amines is 1. The number of anilines is 3. The first-order chi connectivity index (χ1) is 12.0. The third kappa shape index (κ3) is 3.93. The number of benzene rings is 1. The van der Waals surface area contributed by atoms with Crippen LogP contribution in [0.1, 0.15) is 25.3 Å². The molecule has 8 heteroatoms. The lowest BCUT2D eigenvalue weighted by Crippen LogP contribution is -2.36. The van der Waals surface area contributed by atoms with Gasteiger partial charge < -0.3 is 16.0 Å². The molecule has 25 heavy (non-hydrogen) atoms. The number of hydrogen-bond donors (Lipinski definition) is 3. The summed E-state index contributed by atoms with van der Waals surface area (Å²) in [4.78, 5) is 21.9. The number of nitrogens with zero attached hydrogens (tertiary/aromatic N) is 2. The van der Waals surface area contributed by atoms with E-state index in [0.717, 1.165) is 25.9 Å². The Morgan fingerprint density at radius 3 is 2.72 bits per heavy atom. The van der Waals surface area contributed by atoms with Crippen LogP contribution in [0.25, 0.3) is 0 Å². The summed E-state index contributed by atoms with van der Waals surface area (Å²) >= 11 is 11.4. The standard InChI is InChI=1S/C17H20ClN5OS/c1-10-6-8-23(9-7-10)17-21-14(19)13(15(24)22-17)16(25)20-12-5-3-2-4-11(12)18/h2-5,10H,6-9H2,1H3,(H,20,25)(H3,19,21,22,24). The molecule has 0 amide bonds. The fourth-order valence-electron chi connectivity index (χ4n) is 2.82. The molecule has 1 aromatic carbocycles. The van der Waals surface area contributed by atoms with Crippen LogP contribution in [0, 0.1) is 5.92 Å². The molecule has 0 aliphatic carbocycles. The van der Waals surface area contributed by atoms with Crippen molar-refractivity contribution in [3.8, 4) is 0 Å². The molecular formula is C17H20ClN5OS. The zero-order chi connectivity index (χ0) is 18.0. The summed E-state index contributed by atoms with van der Waals surface area (Å²) in [5.74, 6) is 1.30. The minimum Gasteiger partial charge on any atom is -0.383 e. The van der Waals surface area contributed by atoms with Gasteiger partial charge in [0.2, 0.25) is 5.95 Å². The highest BCUT2D eigenvalue weighted by atomic mass is 35.5. The molecule has 2 heterocycles. The first kappa shape index (κ1) is 17.7. The summed E-state index contributed by atoms with van der Waals surface area (Å²) < 4.78 is 0. The Bertz CT molecular complexity index is 845. The zero-order valence-electron chi connectivity index (χ0n) is 13.9. The number of para-hydroxylation sites is 1. The van der Waals surface area contributed by atoms with E-state index < -0.39 is 0 Å². The van der Waals surface area contributed by atoms with E-state index in [2.05, 4.69) is 22.2 Å². The van der Waals surface area contributed by atoms with Gasteiger partial charge in [0.25, 0.3) is 5.56 Å². The Labute approximate surface area is 156 Å². The molecule has 0 radical (unpaired) electrons. The molecule has 3 rings (SSSR count). The molecule has 2 aromatic rings. The molecular weight excluding hydrogens is 358 g/mol. The van der Waals surface area contributed by atoms with Crippen LogP contribution < -0.4 is 21.5 Å². The van der Waals surface area contributed by atoms with Crippen molar-refractivity contribution >= 4 is 46.3 Å². The minimum absolute atomic E-state index is 0.113. The quantitative estimate of drug-likeness (QED) is 0.713. The lowest BCUT2D eigenvalue weighted by atomic mass is 10.00. The lowest BCUT2D eigenvalue weighted by molar-refractivity contribution is 0.434. The normalized spacial score (nSPS) is 15.2. The second-order valence-electron chi connectivity index (χ2n) is 6.25. The molecule has 0 spiro atoms. The van der Waals surface area contributed by atoms with Crippen molar-refractivity contribution in [2.45, 2.75) is 19.8 Å². The fourth-order valence-corrected chi connectivity index (χ4v) is 3.31. The van der Waals surface area contributed by atoms with Crippen LogP contribution in [0.2, 0.25) is 5.02 Å². The maximum Gasteiger partial charge on any atom is 0.264 e. The smallest absolute Gasteiger partial charge is 0.264 e. The topological polar surface area (TPSA) is 87.0 Å². The summed E-state index contributed by atoms with van der Waals surface area (Å²) in [6.07, 6.45) is 2.13. The SMILES string of the molecule is CC1CCN(c2nc(N)c(C(=S)Nc3ccccc3Cl)c(=O)[nH]2)CC1. The monoisotopic (exact) mass is 377 g/mol. The second kappa shape index (κ2) is 7.41. The molecule has 1 aliphatic rings. The Kier molecular flexibility index (Phi) is 5.24. The summed E-state index contributed by atoms with van der Waals surface area (Å²) in [6, 6.07) is 7.14. The molecule has 1 saturated heterocycles. The predicted molar refractivity (Wildman–Crippen MR) is 107 cm³/mol. The highest BCUT2D eigenvalue weighted by Gasteiger charge is 2.21. The highest BCUT2D eigenvalue weighted by molar-refractivity contribution is 7.81. The van der Waals surface area contributed by atoms with E-state index >= 15 is 0 Å². The van der Waals surface area contributed by atoms with Crippen LogP contribution in [-0.2, 0) is 0 Å². The van der Waals surface area contributed by atoms with Crippen molar-refractivity contribution in [3.63, 3.8) is 0 Å². The number of aromatic nitrogens is 2. The van der Waals surface area contributed by atoms with Crippen molar-refractivity contribution in [2.75, 3.05) is 29.0 Å². The molecule has 0 atom stereocenters. The van der Waals surface area contributed by atoms with E-state index in [9.17, 15) is 4.79 Å². The van der Waals surface area contributed by atoms with Crippen LogP contribution in [0.3, 0.4) is 0 Å². The zero-order valence-corrected chi connectivity index (χ0v) is 15.5. The number of thiocarbonyl (C=S) groups is 1. The summed E-state index contributed by atoms with van der Waals surface area (Å²) in [7, 11) is 0. The number of piperidine rings is 1. The number of nitrogens with two attached hydrogens (primary N) is 1. The lowest BCUT2D eigenvalue weighted by Gasteiger charge is -2.30. The van der Waals surface area contributed by atoms with E-state index in [1.165, 1.54) is 0 Å². The Balaban J connectivity index is 1.84. The van der Waals surface area contributed by atoms with Gasteiger partial charge in [-0.2, -0.15) is 4.98 Å². The highest BCUT2D eigenvalue weighted by Crippen LogP contribution is 2.23. The first-order valence-corrected chi connectivity index (χ1v) is 8.95. The second-order valence-corrected chi connectivity index (χ2v) is 7.07. The minimum atomic E-state index is -0.356. The molecule has 1 aromatic heterocycles. The number of H-pyrrole nitrogens is 1. The molecule has 4 N–H and O–H groups in total. The van der Waals surface area contributed by atoms with E-state index in [1.807, 2.05) is 17.0 Å². The molecule has 132 valence electrons. The summed E-state index contributed by atoms with van der Waals surface area (Å²) in [5, 5.41) is 3.47. The average Bonchev–Trinajstić information content (AvgIpc) is 2.57. The number of nitrogens with one attached hydrogen (secondary N) is 2.